The Kier molecular flexibility index (Phi) is 5.45. The summed E-state index contributed by atoms with van der Waals surface area (Å²) in [6.07, 6.45) is 0. The maximum absolute atomic E-state index is 11.8. The van der Waals surface area contributed by atoms with Gasteiger partial charge in [0.05, 0.1) is 4.47 Å². The van der Waals surface area contributed by atoms with Crippen LogP contribution in [-0.2, 0) is 16.1 Å². The third kappa shape index (κ3) is 4.67. The van der Waals surface area contributed by atoms with E-state index >= 15 is 0 Å². The lowest BCUT2D eigenvalue weighted by atomic mass is 10.2. The first-order chi connectivity index (χ1) is 12.1. The number of rotatable bonds is 6. The summed E-state index contributed by atoms with van der Waals surface area (Å²) in [7, 11) is 0. The van der Waals surface area contributed by atoms with Crippen molar-refractivity contribution in [3.63, 3.8) is 0 Å². The van der Waals surface area contributed by atoms with E-state index in [0.717, 1.165) is 15.6 Å². The third-order valence-corrected chi connectivity index (χ3v) is 3.90. The fourth-order valence-electron chi connectivity index (χ4n) is 2.05. The maximum atomic E-state index is 11.8. The van der Waals surface area contributed by atoms with Gasteiger partial charge in [-0.25, -0.2) is 4.79 Å². The summed E-state index contributed by atoms with van der Waals surface area (Å²) in [4.78, 5) is 11.8. The van der Waals surface area contributed by atoms with E-state index in [4.69, 9.17) is 13.9 Å². The summed E-state index contributed by atoms with van der Waals surface area (Å²) >= 11 is 3.39. The lowest BCUT2D eigenvalue weighted by Crippen LogP contribution is -2.15. The average Bonchev–Trinajstić information content (AvgIpc) is 3.09. The highest BCUT2D eigenvalue weighted by Crippen LogP contribution is 2.25. The van der Waals surface area contributed by atoms with Crippen molar-refractivity contribution in [2.75, 3.05) is 6.61 Å². The van der Waals surface area contributed by atoms with E-state index in [9.17, 15) is 4.79 Å². The number of esters is 1. The van der Waals surface area contributed by atoms with E-state index in [-0.39, 0.29) is 19.1 Å². The van der Waals surface area contributed by atoms with Crippen molar-refractivity contribution in [3.05, 3.63) is 64.5 Å². The van der Waals surface area contributed by atoms with E-state index < -0.39 is 5.97 Å². The zero-order valence-corrected chi connectivity index (χ0v) is 15.0. The van der Waals surface area contributed by atoms with Crippen molar-refractivity contribution in [2.45, 2.75) is 13.5 Å². The van der Waals surface area contributed by atoms with E-state index in [2.05, 4.69) is 26.1 Å². The second kappa shape index (κ2) is 7.94. The average molecular weight is 403 g/mol. The number of halogens is 1. The number of carbonyl (C=O) groups is 1. The minimum Gasteiger partial charge on any atom is -0.481 e. The fourth-order valence-corrected chi connectivity index (χ4v) is 2.66. The Hall–Kier alpha value is -2.67. The molecule has 2 aromatic carbocycles. The molecule has 0 aliphatic heterocycles. The molecule has 0 bridgehead atoms. The summed E-state index contributed by atoms with van der Waals surface area (Å²) in [5, 5.41) is 7.80. The molecule has 3 aromatic rings. The first-order valence-corrected chi connectivity index (χ1v) is 8.33. The number of hydrogen-bond acceptors (Lipinski definition) is 6. The summed E-state index contributed by atoms with van der Waals surface area (Å²) in [5.74, 6) is 0.661. The molecule has 0 spiro atoms. The van der Waals surface area contributed by atoms with Gasteiger partial charge in [0, 0.05) is 5.56 Å². The second-order valence-electron chi connectivity index (χ2n) is 5.25. The molecule has 6 nitrogen and oxygen atoms in total. The van der Waals surface area contributed by atoms with Crippen LogP contribution in [0.2, 0.25) is 0 Å². The summed E-state index contributed by atoms with van der Waals surface area (Å²) < 4.78 is 16.8. The van der Waals surface area contributed by atoms with Gasteiger partial charge in [0.25, 0.3) is 5.89 Å². The second-order valence-corrected chi connectivity index (χ2v) is 6.10. The monoisotopic (exact) mass is 402 g/mol. The van der Waals surface area contributed by atoms with Crippen LogP contribution in [0.1, 0.15) is 11.5 Å². The van der Waals surface area contributed by atoms with Crippen molar-refractivity contribution in [1.29, 1.82) is 0 Å². The zero-order chi connectivity index (χ0) is 17.6. The molecule has 1 heterocycles. The van der Waals surface area contributed by atoms with Gasteiger partial charge >= 0.3 is 5.97 Å². The number of nitrogens with zero attached hydrogens (tertiary/aromatic N) is 2. The van der Waals surface area contributed by atoms with Crippen LogP contribution in [0, 0.1) is 6.92 Å². The van der Waals surface area contributed by atoms with Crippen LogP contribution in [0.5, 0.6) is 5.75 Å². The molecule has 1 aromatic heterocycles. The molecule has 3 rings (SSSR count). The minimum atomic E-state index is -0.521. The Morgan fingerprint density at radius 2 is 1.96 bits per heavy atom. The molecule has 0 radical (unpaired) electrons. The molecule has 0 aliphatic rings. The first-order valence-electron chi connectivity index (χ1n) is 7.54. The van der Waals surface area contributed by atoms with Crippen molar-refractivity contribution < 1.29 is 18.7 Å². The predicted molar refractivity (Wildman–Crippen MR) is 93.9 cm³/mol. The number of aromatic nitrogens is 2. The van der Waals surface area contributed by atoms with E-state index in [1.807, 2.05) is 49.4 Å². The Balaban J connectivity index is 1.50. The van der Waals surface area contributed by atoms with Crippen molar-refractivity contribution in [2.24, 2.45) is 0 Å². The van der Waals surface area contributed by atoms with Gasteiger partial charge in [-0.3, -0.25) is 0 Å². The molecule has 0 aliphatic carbocycles. The lowest BCUT2D eigenvalue weighted by molar-refractivity contribution is -0.148. The normalized spacial score (nSPS) is 10.5. The number of carbonyl (C=O) groups excluding carboxylic acids is 1. The highest BCUT2D eigenvalue weighted by Gasteiger charge is 2.12. The zero-order valence-electron chi connectivity index (χ0n) is 13.4. The van der Waals surface area contributed by atoms with Gasteiger partial charge in [-0.1, -0.05) is 24.3 Å². The standard InChI is InChI=1S/C18H15BrN2O4/c1-12-7-8-15(14(19)9-12)23-11-17(22)24-10-16-20-21-18(25-16)13-5-3-2-4-6-13/h2-9H,10-11H2,1H3. The van der Waals surface area contributed by atoms with Crippen LogP contribution in [0.3, 0.4) is 0 Å². The molecule has 0 N–H and O–H groups in total. The van der Waals surface area contributed by atoms with Crippen LogP contribution in [0.15, 0.2) is 57.4 Å². The van der Waals surface area contributed by atoms with Gasteiger partial charge in [-0.05, 0) is 52.7 Å². The Labute approximate surface area is 152 Å². The molecule has 0 saturated carbocycles. The summed E-state index contributed by atoms with van der Waals surface area (Å²) in [5.41, 5.74) is 1.90. The number of hydrogen-bond donors (Lipinski definition) is 0. The smallest absolute Gasteiger partial charge is 0.344 e. The van der Waals surface area contributed by atoms with Crippen LogP contribution < -0.4 is 4.74 Å². The van der Waals surface area contributed by atoms with Gasteiger partial charge in [0.1, 0.15) is 5.75 Å². The third-order valence-electron chi connectivity index (χ3n) is 3.28. The van der Waals surface area contributed by atoms with E-state index in [1.54, 1.807) is 6.07 Å². The molecule has 0 atom stereocenters. The molecule has 25 heavy (non-hydrogen) atoms. The molecule has 0 fully saturated rings. The lowest BCUT2D eigenvalue weighted by Gasteiger charge is -2.08. The van der Waals surface area contributed by atoms with Gasteiger partial charge in [-0.2, -0.15) is 0 Å². The van der Waals surface area contributed by atoms with Crippen LogP contribution in [-0.4, -0.2) is 22.8 Å². The SMILES string of the molecule is Cc1ccc(OCC(=O)OCc2nnc(-c3ccccc3)o2)c(Br)c1. The molecule has 0 unspecified atom stereocenters. The van der Waals surface area contributed by atoms with Gasteiger partial charge < -0.3 is 13.9 Å². The Bertz CT molecular complexity index is 865. The quantitative estimate of drug-likeness (QED) is 0.581. The van der Waals surface area contributed by atoms with Gasteiger partial charge in [0.2, 0.25) is 5.89 Å². The largest absolute Gasteiger partial charge is 0.481 e. The first kappa shape index (κ1) is 17.2. The molecule has 128 valence electrons. The summed E-state index contributed by atoms with van der Waals surface area (Å²) in [6, 6.07) is 15.0. The molecular weight excluding hydrogens is 388 g/mol. The van der Waals surface area contributed by atoms with Crippen LogP contribution in [0.4, 0.5) is 0 Å². The Morgan fingerprint density at radius 1 is 1.16 bits per heavy atom. The van der Waals surface area contributed by atoms with E-state index in [1.165, 1.54) is 0 Å². The van der Waals surface area contributed by atoms with Crippen molar-refractivity contribution >= 4 is 21.9 Å². The number of ether oxygens (including phenoxy) is 2. The van der Waals surface area contributed by atoms with Crippen LogP contribution in [0.25, 0.3) is 11.5 Å². The fraction of sp³-hybridized carbons (Fsp3) is 0.167. The minimum absolute atomic E-state index is 0.100. The summed E-state index contributed by atoms with van der Waals surface area (Å²) in [6.45, 7) is 1.66. The highest BCUT2D eigenvalue weighted by atomic mass is 79.9. The van der Waals surface area contributed by atoms with Crippen molar-refractivity contribution in [3.8, 4) is 17.2 Å². The number of aryl methyl sites for hydroxylation is 1. The molecule has 0 saturated heterocycles. The number of benzene rings is 2. The van der Waals surface area contributed by atoms with Crippen LogP contribution >= 0.6 is 15.9 Å². The highest BCUT2D eigenvalue weighted by molar-refractivity contribution is 9.10. The van der Waals surface area contributed by atoms with Gasteiger partial charge in [-0.15, -0.1) is 10.2 Å². The molecular formula is C18H15BrN2O4. The topological polar surface area (TPSA) is 74.5 Å². The Morgan fingerprint density at radius 3 is 2.72 bits per heavy atom. The maximum Gasteiger partial charge on any atom is 0.344 e. The molecule has 0 amide bonds. The molecule has 7 heteroatoms. The van der Waals surface area contributed by atoms with Crippen molar-refractivity contribution in [1.82, 2.24) is 10.2 Å². The van der Waals surface area contributed by atoms with E-state index in [0.29, 0.717) is 11.6 Å². The van der Waals surface area contributed by atoms with Gasteiger partial charge in [0.15, 0.2) is 13.2 Å². The predicted octanol–water partition coefficient (Wildman–Crippen LogP) is 3.93.